The Labute approximate surface area is 241 Å². The molecule has 4 heterocycles. The predicted octanol–water partition coefficient (Wildman–Crippen LogP) is 4.73. The molecule has 0 unspecified atom stereocenters. The number of fused-ring (bicyclic) bond motifs is 2. The molecule has 2 saturated heterocycles. The van der Waals surface area contributed by atoms with E-state index in [0.717, 1.165) is 0 Å². The lowest BCUT2D eigenvalue weighted by molar-refractivity contribution is 0.0202. The Hall–Kier alpha value is -3.57. The predicted molar refractivity (Wildman–Crippen MR) is 152 cm³/mol. The highest BCUT2D eigenvalue weighted by Gasteiger charge is 2.38. The quantitative estimate of drug-likeness (QED) is 0.459. The summed E-state index contributed by atoms with van der Waals surface area (Å²) in [5.74, 6) is -0.289. The van der Waals surface area contributed by atoms with E-state index in [1.54, 1.807) is 15.5 Å². The van der Waals surface area contributed by atoms with Crippen molar-refractivity contribution in [1.82, 2.24) is 14.5 Å². The number of ether oxygens (including phenoxy) is 3. The van der Waals surface area contributed by atoms with Crippen molar-refractivity contribution in [3.63, 3.8) is 0 Å². The summed E-state index contributed by atoms with van der Waals surface area (Å²) in [5, 5.41) is 11.3. The summed E-state index contributed by atoms with van der Waals surface area (Å²) in [6, 6.07) is 5.12. The maximum absolute atomic E-state index is 15.1. The topological polar surface area (TPSA) is 106 Å². The van der Waals surface area contributed by atoms with Crippen molar-refractivity contribution in [2.45, 2.75) is 51.3 Å². The third-order valence-electron chi connectivity index (χ3n) is 7.73. The number of aromatic nitrogens is 2. The first-order chi connectivity index (χ1) is 19.5. The molecule has 1 N–H and O–H groups in total. The smallest absolute Gasteiger partial charge is 0.410 e. The summed E-state index contributed by atoms with van der Waals surface area (Å²) in [7, 11) is 0. The van der Waals surface area contributed by atoms with Crippen LogP contribution < -0.4 is 15.3 Å². The first kappa shape index (κ1) is 27.6. The van der Waals surface area contributed by atoms with Crippen molar-refractivity contribution in [3.05, 3.63) is 45.6 Å². The second-order valence-electron chi connectivity index (χ2n) is 11.6. The van der Waals surface area contributed by atoms with E-state index in [1.807, 2.05) is 25.7 Å². The molecular weight excluding hydrogens is 555 g/mol. The van der Waals surface area contributed by atoms with Crippen LogP contribution in [0.2, 0.25) is 5.02 Å². The molecule has 12 heteroatoms. The molecule has 3 aliphatic rings. The number of aromatic hydroxyl groups is 1. The summed E-state index contributed by atoms with van der Waals surface area (Å²) < 4.78 is 34.2. The van der Waals surface area contributed by atoms with Gasteiger partial charge in [0.25, 0.3) is 0 Å². The van der Waals surface area contributed by atoms with Crippen LogP contribution in [0.4, 0.5) is 15.0 Å². The van der Waals surface area contributed by atoms with Crippen molar-refractivity contribution < 1.29 is 28.5 Å². The molecule has 3 aromatic rings. The molecule has 0 spiro atoms. The number of amides is 1. The lowest BCUT2D eigenvalue weighted by atomic mass is 9.99. The van der Waals surface area contributed by atoms with Crippen LogP contribution in [0.3, 0.4) is 0 Å². The van der Waals surface area contributed by atoms with Gasteiger partial charge in [-0.15, -0.1) is 0 Å². The monoisotopic (exact) mass is 586 g/mol. The van der Waals surface area contributed by atoms with Gasteiger partial charge >= 0.3 is 11.8 Å². The molecule has 1 aromatic heterocycles. The fourth-order valence-corrected chi connectivity index (χ4v) is 6.18. The fraction of sp³-hybridized carbons (Fsp3) is 0.483. The highest BCUT2D eigenvalue weighted by atomic mass is 35.5. The minimum absolute atomic E-state index is 0.0818. The normalized spacial score (nSPS) is 19.5. The van der Waals surface area contributed by atoms with Crippen LogP contribution in [-0.2, 0) is 9.47 Å². The highest BCUT2D eigenvalue weighted by Crippen LogP contribution is 2.48. The van der Waals surface area contributed by atoms with Crippen molar-refractivity contribution in [2.75, 3.05) is 44.4 Å². The van der Waals surface area contributed by atoms with Crippen LogP contribution in [0.15, 0.2) is 29.1 Å². The fourth-order valence-electron chi connectivity index (χ4n) is 5.88. The first-order valence-electron chi connectivity index (χ1n) is 13.7. The average Bonchev–Trinajstić information content (AvgIpc) is 3.08. The van der Waals surface area contributed by atoms with E-state index in [4.69, 9.17) is 25.8 Å². The van der Waals surface area contributed by atoms with Crippen molar-refractivity contribution in [3.8, 4) is 22.6 Å². The van der Waals surface area contributed by atoms with E-state index in [2.05, 4.69) is 4.98 Å². The SMILES string of the molecule is CC(C)(C)OC(=O)N1CCN2c3nc(=O)n(C4CCOCC4)c4cc(-c5c(O)cccc5F)c(Cl)c(c34)OC[C@@H]2C1. The van der Waals surface area contributed by atoms with Gasteiger partial charge in [-0.3, -0.25) is 4.57 Å². The molecule has 3 aliphatic heterocycles. The first-order valence-corrected chi connectivity index (χ1v) is 14.1. The van der Waals surface area contributed by atoms with Gasteiger partial charge in [0.1, 0.15) is 29.6 Å². The molecule has 218 valence electrons. The molecule has 0 aliphatic carbocycles. The van der Waals surface area contributed by atoms with E-state index >= 15 is 4.39 Å². The highest BCUT2D eigenvalue weighted by molar-refractivity contribution is 6.36. The minimum atomic E-state index is -0.660. The number of benzene rings is 2. The Morgan fingerprint density at radius 3 is 2.66 bits per heavy atom. The van der Waals surface area contributed by atoms with E-state index in [-0.39, 0.29) is 52.9 Å². The van der Waals surface area contributed by atoms with E-state index in [0.29, 0.717) is 55.9 Å². The number of piperazine rings is 1. The lowest BCUT2D eigenvalue weighted by Gasteiger charge is -2.41. The average molecular weight is 587 g/mol. The van der Waals surface area contributed by atoms with Crippen LogP contribution in [0.5, 0.6) is 11.5 Å². The Morgan fingerprint density at radius 1 is 1.20 bits per heavy atom. The zero-order chi connectivity index (χ0) is 29.1. The molecule has 2 fully saturated rings. The number of phenolic OH excluding ortho intramolecular Hbond substituents is 1. The Morgan fingerprint density at radius 2 is 1.95 bits per heavy atom. The van der Waals surface area contributed by atoms with Gasteiger partial charge in [0.2, 0.25) is 0 Å². The molecule has 6 rings (SSSR count). The Kier molecular flexibility index (Phi) is 6.97. The van der Waals surface area contributed by atoms with Gasteiger partial charge in [0.05, 0.1) is 27.5 Å². The number of hydrogen-bond acceptors (Lipinski definition) is 8. The molecule has 0 saturated carbocycles. The van der Waals surface area contributed by atoms with Gasteiger partial charge in [-0.05, 0) is 51.8 Å². The van der Waals surface area contributed by atoms with Crippen molar-refractivity contribution in [1.29, 1.82) is 0 Å². The van der Waals surface area contributed by atoms with Gasteiger partial charge < -0.3 is 29.1 Å². The minimum Gasteiger partial charge on any atom is -0.507 e. The number of phenols is 1. The lowest BCUT2D eigenvalue weighted by Crippen LogP contribution is -2.57. The van der Waals surface area contributed by atoms with Crippen LogP contribution in [0.25, 0.3) is 22.0 Å². The van der Waals surface area contributed by atoms with Gasteiger partial charge in [0.15, 0.2) is 5.75 Å². The number of carbonyl (C=O) groups is 1. The van der Waals surface area contributed by atoms with Gasteiger partial charge in [0, 0.05) is 44.5 Å². The number of hydrogen-bond donors (Lipinski definition) is 1. The third kappa shape index (κ3) is 4.95. The zero-order valence-electron chi connectivity index (χ0n) is 23.2. The van der Waals surface area contributed by atoms with Crippen LogP contribution in [0.1, 0.15) is 39.7 Å². The molecule has 1 atom stereocenters. The maximum atomic E-state index is 15.1. The van der Waals surface area contributed by atoms with E-state index in [1.165, 1.54) is 18.2 Å². The van der Waals surface area contributed by atoms with Crippen molar-refractivity contribution in [2.24, 2.45) is 0 Å². The number of carbonyl (C=O) groups excluding carboxylic acids is 1. The van der Waals surface area contributed by atoms with Gasteiger partial charge in [-0.25, -0.2) is 14.0 Å². The summed E-state index contributed by atoms with van der Waals surface area (Å²) in [5.41, 5.74) is -0.487. The molecule has 41 heavy (non-hydrogen) atoms. The molecule has 10 nitrogen and oxygen atoms in total. The van der Waals surface area contributed by atoms with Crippen LogP contribution >= 0.6 is 11.6 Å². The number of halogens is 2. The maximum Gasteiger partial charge on any atom is 0.410 e. The Balaban J connectivity index is 1.53. The van der Waals surface area contributed by atoms with Crippen molar-refractivity contribution >= 4 is 34.4 Å². The second-order valence-corrected chi connectivity index (χ2v) is 12.0. The molecule has 2 aromatic carbocycles. The number of rotatable bonds is 2. The third-order valence-corrected chi connectivity index (χ3v) is 8.11. The largest absolute Gasteiger partial charge is 0.507 e. The summed E-state index contributed by atoms with van der Waals surface area (Å²) in [4.78, 5) is 34.7. The molecule has 0 bridgehead atoms. The van der Waals surface area contributed by atoms with Crippen LogP contribution in [-0.4, -0.2) is 76.7 Å². The Bertz CT molecular complexity index is 1560. The second kappa shape index (κ2) is 10.4. The standard InChI is InChI=1S/C29H32ClFN4O6/c1-29(2,3)41-28(38)33-9-10-34-17(14-33)15-40-25-23-20(13-18(24(25)30)22-19(31)5-4-6-21(22)36)35(27(37)32-26(23)34)16-7-11-39-12-8-16/h4-6,13,16-17,36H,7-12,14-15H2,1-3H3/t17-/m0/s1. The van der Waals surface area contributed by atoms with Gasteiger partial charge in [-0.2, -0.15) is 4.98 Å². The number of anilines is 1. The zero-order valence-corrected chi connectivity index (χ0v) is 23.9. The number of nitrogens with zero attached hydrogens (tertiary/aromatic N) is 4. The summed E-state index contributed by atoms with van der Waals surface area (Å²) >= 11 is 6.93. The molecule has 0 radical (unpaired) electrons. The van der Waals surface area contributed by atoms with Crippen LogP contribution in [0, 0.1) is 5.82 Å². The molecular formula is C29H32ClFN4O6. The molecule has 1 amide bonds. The van der Waals surface area contributed by atoms with E-state index in [9.17, 15) is 14.7 Å². The van der Waals surface area contributed by atoms with Gasteiger partial charge in [-0.1, -0.05) is 17.7 Å². The van der Waals surface area contributed by atoms with E-state index < -0.39 is 23.2 Å². The summed E-state index contributed by atoms with van der Waals surface area (Å²) in [6.07, 6.45) is 0.779. The summed E-state index contributed by atoms with van der Waals surface area (Å²) in [6.45, 7) is 7.59.